The fourth-order valence-electron chi connectivity index (χ4n) is 2.25. The Balaban J connectivity index is 1.57. The van der Waals surface area contributed by atoms with E-state index >= 15 is 0 Å². The lowest BCUT2D eigenvalue weighted by Gasteiger charge is -2.11. The van der Waals surface area contributed by atoms with Gasteiger partial charge in [0.25, 0.3) is 11.1 Å². The Bertz CT molecular complexity index is 936. The normalized spacial score (nSPS) is 15.3. The van der Waals surface area contributed by atoms with Crippen LogP contribution in [0.25, 0.3) is 6.08 Å². The molecule has 0 saturated carbocycles. The van der Waals surface area contributed by atoms with E-state index in [2.05, 4.69) is 10.3 Å². The number of hydrogen-bond donors (Lipinski definition) is 1. The molecule has 3 rings (SSSR count). The van der Waals surface area contributed by atoms with Crippen LogP contribution in [0.15, 0.2) is 27.8 Å². The van der Waals surface area contributed by atoms with Gasteiger partial charge in [-0.05, 0) is 36.2 Å². The summed E-state index contributed by atoms with van der Waals surface area (Å²) in [6, 6.07) is 3.68. The fraction of sp³-hybridized carbons (Fsp3) is 0.235. The number of hydrogen-bond acceptors (Lipinski definition) is 9. The molecule has 28 heavy (non-hydrogen) atoms. The number of rotatable bonds is 7. The van der Waals surface area contributed by atoms with Gasteiger partial charge in [0, 0.05) is 10.3 Å². The molecule has 0 aromatic carbocycles. The summed E-state index contributed by atoms with van der Waals surface area (Å²) < 4.78 is 4.85. The van der Waals surface area contributed by atoms with Crippen molar-refractivity contribution in [3.63, 3.8) is 0 Å². The van der Waals surface area contributed by atoms with Gasteiger partial charge in [0.2, 0.25) is 5.91 Å². The molecular formula is C17H15N3O5S3. The molecule has 1 fully saturated rings. The van der Waals surface area contributed by atoms with Crippen molar-refractivity contribution in [1.29, 1.82) is 0 Å². The number of thioether (sulfide) groups is 1. The second-order valence-electron chi connectivity index (χ2n) is 5.46. The lowest BCUT2D eigenvalue weighted by atomic mass is 10.3. The van der Waals surface area contributed by atoms with Crippen LogP contribution in [0.3, 0.4) is 0 Å². The SMILES string of the molecule is CCOC(=O)Cc1csc(NC(=O)CN2C(=O)S/C(=C\c3cccs3)C2=O)n1. The zero-order valence-electron chi connectivity index (χ0n) is 14.7. The standard InChI is InChI=1S/C17H15N3O5S3/c1-2-25-14(22)6-10-9-27-16(18-10)19-13(21)8-20-15(23)12(28-17(20)24)7-11-4-3-5-26-11/h3-5,7,9H,2,6,8H2,1H3,(H,18,19,21)/b12-7-. The minimum Gasteiger partial charge on any atom is -0.466 e. The number of nitrogens with zero attached hydrogens (tertiary/aromatic N) is 2. The number of carbonyl (C=O) groups excluding carboxylic acids is 4. The van der Waals surface area contributed by atoms with E-state index in [0.29, 0.717) is 5.69 Å². The van der Waals surface area contributed by atoms with Crippen LogP contribution in [0, 0.1) is 0 Å². The average molecular weight is 438 g/mol. The molecule has 1 saturated heterocycles. The van der Waals surface area contributed by atoms with Crippen LogP contribution in [0.2, 0.25) is 0 Å². The summed E-state index contributed by atoms with van der Waals surface area (Å²) in [4.78, 5) is 54.3. The Morgan fingerprint density at radius 2 is 2.14 bits per heavy atom. The highest BCUT2D eigenvalue weighted by Crippen LogP contribution is 2.32. The molecule has 1 aliphatic rings. The van der Waals surface area contributed by atoms with Crippen LogP contribution in [-0.4, -0.2) is 46.1 Å². The third kappa shape index (κ3) is 5.06. The van der Waals surface area contributed by atoms with Crippen molar-refractivity contribution in [1.82, 2.24) is 9.88 Å². The zero-order valence-corrected chi connectivity index (χ0v) is 17.1. The number of esters is 1. The number of anilines is 1. The fourth-order valence-corrected chi connectivity index (χ4v) is 4.53. The highest BCUT2D eigenvalue weighted by molar-refractivity contribution is 8.18. The van der Waals surface area contributed by atoms with Crippen molar-refractivity contribution in [2.24, 2.45) is 0 Å². The zero-order chi connectivity index (χ0) is 20.1. The topological polar surface area (TPSA) is 106 Å². The van der Waals surface area contributed by atoms with Crippen molar-refractivity contribution >= 4 is 68.7 Å². The van der Waals surface area contributed by atoms with Crippen LogP contribution in [0.4, 0.5) is 9.93 Å². The van der Waals surface area contributed by atoms with Crippen molar-refractivity contribution in [2.75, 3.05) is 18.5 Å². The Morgan fingerprint density at radius 3 is 2.86 bits per heavy atom. The Morgan fingerprint density at radius 1 is 1.32 bits per heavy atom. The first kappa shape index (κ1) is 20.2. The van der Waals surface area contributed by atoms with E-state index in [4.69, 9.17) is 4.74 Å². The van der Waals surface area contributed by atoms with Crippen LogP contribution in [0.1, 0.15) is 17.5 Å². The number of aromatic nitrogens is 1. The third-order valence-corrected chi connectivity index (χ3v) is 5.95. The molecule has 146 valence electrons. The largest absolute Gasteiger partial charge is 0.466 e. The number of amides is 3. The summed E-state index contributed by atoms with van der Waals surface area (Å²) in [6.07, 6.45) is 1.65. The van der Waals surface area contributed by atoms with Crippen LogP contribution < -0.4 is 5.32 Å². The molecule has 3 amide bonds. The highest BCUT2D eigenvalue weighted by Gasteiger charge is 2.36. The van der Waals surface area contributed by atoms with Crippen molar-refractivity contribution in [2.45, 2.75) is 13.3 Å². The number of imide groups is 1. The van der Waals surface area contributed by atoms with E-state index in [1.54, 1.807) is 18.4 Å². The molecule has 1 N–H and O–H groups in total. The minimum absolute atomic E-state index is 0.0107. The molecule has 1 aliphatic heterocycles. The summed E-state index contributed by atoms with van der Waals surface area (Å²) >= 11 is 3.40. The van der Waals surface area contributed by atoms with Gasteiger partial charge in [-0.1, -0.05) is 6.07 Å². The van der Waals surface area contributed by atoms with Gasteiger partial charge >= 0.3 is 5.97 Å². The summed E-state index contributed by atoms with van der Waals surface area (Å²) in [6.45, 7) is 1.59. The number of thiazole rings is 1. The smallest absolute Gasteiger partial charge is 0.311 e. The first-order chi connectivity index (χ1) is 13.5. The van der Waals surface area contributed by atoms with Gasteiger partial charge in [0.05, 0.1) is 23.6 Å². The maximum atomic E-state index is 12.4. The number of ether oxygens (including phenoxy) is 1. The van der Waals surface area contributed by atoms with Gasteiger partial charge in [0.1, 0.15) is 6.54 Å². The van der Waals surface area contributed by atoms with Crippen molar-refractivity contribution < 1.29 is 23.9 Å². The first-order valence-electron chi connectivity index (χ1n) is 8.15. The molecule has 2 aromatic rings. The molecule has 8 nitrogen and oxygen atoms in total. The van der Waals surface area contributed by atoms with Crippen LogP contribution >= 0.6 is 34.4 Å². The van der Waals surface area contributed by atoms with E-state index in [1.165, 1.54) is 11.3 Å². The van der Waals surface area contributed by atoms with Crippen molar-refractivity contribution in [3.05, 3.63) is 38.4 Å². The molecule has 3 heterocycles. The maximum Gasteiger partial charge on any atom is 0.311 e. The lowest BCUT2D eigenvalue weighted by Crippen LogP contribution is -2.36. The molecular weight excluding hydrogens is 422 g/mol. The number of thiophene rings is 1. The highest BCUT2D eigenvalue weighted by atomic mass is 32.2. The van der Waals surface area contributed by atoms with Gasteiger partial charge < -0.3 is 10.1 Å². The molecule has 11 heteroatoms. The molecule has 2 aromatic heterocycles. The Labute approximate surface area is 172 Å². The number of nitrogens with one attached hydrogen (secondary N) is 1. The summed E-state index contributed by atoms with van der Waals surface area (Å²) in [7, 11) is 0. The molecule has 0 aliphatic carbocycles. The monoisotopic (exact) mass is 437 g/mol. The Hall–Kier alpha value is -2.50. The van der Waals surface area contributed by atoms with E-state index in [0.717, 1.165) is 32.9 Å². The van der Waals surface area contributed by atoms with Crippen LogP contribution in [-0.2, 0) is 25.5 Å². The summed E-state index contributed by atoms with van der Waals surface area (Å²) in [5.41, 5.74) is 0.476. The Kier molecular flexibility index (Phi) is 6.60. The average Bonchev–Trinajstić information content (AvgIpc) is 3.35. The quantitative estimate of drug-likeness (QED) is 0.524. The summed E-state index contributed by atoms with van der Waals surface area (Å²) in [5.74, 6) is -1.45. The summed E-state index contributed by atoms with van der Waals surface area (Å²) in [5, 5.41) is 5.83. The first-order valence-corrected chi connectivity index (χ1v) is 10.7. The van der Waals surface area contributed by atoms with Gasteiger partial charge in [-0.15, -0.1) is 22.7 Å². The molecule has 0 radical (unpaired) electrons. The predicted molar refractivity (Wildman–Crippen MR) is 108 cm³/mol. The molecule has 0 unspecified atom stereocenters. The van der Waals surface area contributed by atoms with E-state index in [1.807, 2.05) is 17.5 Å². The maximum absolute atomic E-state index is 12.4. The third-order valence-electron chi connectivity index (χ3n) is 3.42. The minimum atomic E-state index is -0.545. The van der Waals surface area contributed by atoms with Gasteiger partial charge in [-0.25, -0.2) is 4.98 Å². The lowest BCUT2D eigenvalue weighted by molar-refractivity contribution is -0.142. The van der Waals surface area contributed by atoms with E-state index in [9.17, 15) is 19.2 Å². The number of carbonyl (C=O) groups is 4. The second kappa shape index (κ2) is 9.13. The molecule has 0 spiro atoms. The molecule has 0 bridgehead atoms. The van der Waals surface area contributed by atoms with Crippen molar-refractivity contribution in [3.8, 4) is 0 Å². The van der Waals surface area contributed by atoms with Gasteiger partial charge in [-0.3, -0.25) is 24.1 Å². The van der Waals surface area contributed by atoms with Crippen LogP contribution in [0.5, 0.6) is 0 Å². The second-order valence-corrected chi connectivity index (χ2v) is 8.29. The van der Waals surface area contributed by atoms with Gasteiger partial charge in [-0.2, -0.15) is 0 Å². The van der Waals surface area contributed by atoms with Gasteiger partial charge in [0.15, 0.2) is 5.13 Å². The predicted octanol–water partition coefficient (Wildman–Crippen LogP) is 2.99. The molecule has 0 atom stereocenters. The van der Waals surface area contributed by atoms with E-state index in [-0.39, 0.29) is 23.1 Å². The van der Waals surface area contributed by atoms with E-state index < -0.39 is 29.6 Å².